The molecule has 1 heterocycles. The Morgan fingerprint density at radius 2 is 1.83 bits per heavy atom. The van der Waals surface area contributed by atoms with Crippen LogP contribution in [0.25, 0.3) is 22.1 Å². The number of aryl methyl sites for hydroxylation is 1. The van der Waals surface area contributed by atoms with E-state index in [1.807, 2.05) is 13.0 Å². The van der Waals surface area contributed by atoms with E-state index in [-0.39, 0.29) is 36.6 Å². The van der Waals surface area contributed by atoms with E-state index < -0.39 is 11.8 Å². The van der Waals surface area contributed by atoms with Crippen LogP contribution in [0.5, 0.6) is 5.75 Å². The summed E-state index contributed by atoms with van der Waals surface area (Å²) in [6, 6.07) is 14.3. The summed E-state index contributed by atoms with van der Waals surface area (Å²) in [6.45, 7) is 3.45. The summed E-state index contributed by atoms with van der Waals surface area (Å²) in [5.41, 5.74) is 9.20. The molecule has 4 aromatic rings. The topological polar surface area (TPSA) is 103 Å². The summed E-state index contributed by atoms with van der Waals surface area (Å²) in [5, 5.41) is 7.39. The summed E-state index contributed by atoms with van der Waals surface area (Å²) < 4.78 is 40.2. The Hall–Kier alpha value is -4.04. The van der Waals surface area contributed by atoms with Crippen molar-refractivity contribution < 1.29 is 32.6 Å². The molecule has 6 nitrogen and oxygen atoms in total. The second-order valence-electron chi connectivity index (χ2n) is 7.72. The lowest BCUT2D eigenvalue weighted by atomic mass is 9.98. The van der Waals surface area contributed by atoms with Crippen LogP contribution in [0.1, 0.15) is 40.9 Å². The number of furan rings is 1. The molecule has 0 amide bonds. The zero-order valence-corrected chi connectivity index (χ0v) is 19.3. The van der Waals surface area contributed by atoms with Crippen LogP contribution in [0.2, 0.25) is 0 Å². The molecule has 3 aromatic carbocycles. The van der Waals surface area contributed by atoms with Crippen LogP contribution in [0.4, 0.5) is 8.78 Å². The first-order chi connectivity index (χ1) is 16.8. The molecule has 35 heavy (non-hydrogen) atoms. The van der Waals surface area contributed by atoms with Gasteiger partial charge in [-0.2, -0.15) is 4.39 Å². The Bertz CT molecular complexity index is 1360. The van der Waals surface area contributed by atoms with Gasteiger partial charge in [0.15, 0.2) is 5.78 Å². The summed E-state index contributed by atoms with van der Waals surface area (Å²) in [6.07, 6.45) is 0.738. The molecule has 0 fully saturated rings. The number of rotatable bonds is 7. The fourth-order valence-corrected chi connectivity index (χ4v) is 3.77. The second-order valence-corrected chi connectivity index (χ2v) is 7.72. The van der Waals surface area contributed by atoms with E-state index >= 15 is 4.39 Å². The first-order valence-corrected chi connectivity index (χ1v) is 10.9. The Kier molecular flexibility index (Phi) is 8.33. The maximum absolute atomic E-state index is 15.0. The van der Waals surface area contributed by atoms with Crippen molar-refractivity contribution in [3.8, 4) is 16.9 Å². The molecule has 0 bridgehead atoms. The van der Waals surface area contributed by atoms with E-state index in [4.69, 9.17) is 24.8 Å². The van der Waals surface area contributed by atoms with Crippen molar-refractivity contribution in [1.29, 1.82) is 0 Å². The van der Waals surface area contributed by atoms with Crippen molar-refractivity contribution in [2.24, 2.45) is 5.73 Å². The number of ether oxygens (including phenoxy) is 1. The molecule has 0 saturated carbocycles. The third-order valence-corrected chi connectivity index (χ3v) is 5.48. The van der Waals surface area contributed by atoms with Crippen molar-refractivity contribution >= 4 is 23.2 Å². The van der Waals surface area contributed by atoms with Crippen LogP contribution >= 0.6 is 0 Å². The normalized spacial score (nSPS) is 10.5. The molecule has 0 aliphatic heterocycles. The van der Waals surface area contributed by atoms with Crippen molar-refractivity contribution in [2.75, 3.05) is 0 Å². The van der Waals surface area contributed by atoms with Crippen molar-refractivity contribution in [2.45, 2.75) is 33.4 Å². The van der Waals surface area contributed by atoms with E-state index in [1.54, 1.807) is 42.5 Å². The number of halogens is 2. The fourth-order valence-electron chi connectivity index (χ4n) is 3.77. The lowest BCUT2D eigenvalue weighted by molar-refractivity contribution is -0.122. The average molecular weight is 481 g/mol. The summed E-state index contributed by atoms with van der Waals surface area (Å²) in [5.74, 6) is 0.0930. The number of benzene rings is 3. The number of carboxylic acid groups (broad SMARTS) is 1. The standard InChI is InChI=1S/C26H23F2NO3.CH2O2/c1-3-17-7-8-18(15(2)30)11-23(17)31-14-16-9-20-12-24(27)32-26(20)22(10-16)21-6-4-5-19(13-29)25(21)28;2-1-3/h4-12H,3,13-14,29H2,1-2H3;1H,(H,2,3). The van der Waals surface area contributed by atoms with E-state index in [1.165, 1.54) is 13.0 Å². The van der Waals surface area contributed by atoms with Crippen LogP contribution in [-0.2, 0) is 24.4 Å². The Labute approximate surface area is 200 Å². The molecule has 0 saturated heterocycles. The molecular weight excluding hydrogens is 456 g/mol. The number of hydrogen-bond donors (Lipinski definition) is 2. The first kappa shape index (κ1) is 25.6. The van der Waals surface area contributed by atoms with Gasteiger partial charge in [0.2, 0.25) is 0 Å². The third kappa shape index (κ3) is 5.73. The minimum atomic E-state index is -0.753. The van der Waals surface area contributed by atoms with Crippen LogP contribution < -0.4 is 10.5 Å². The smallest absolute Gasteiger partial charge is 0.290 e. The Morgan fingerprint density at radius 3 is 2.49 bits per heavy atom. The van der Waals surface area contributed by atoms with E-state index in [0.29, 0.717) is 33.4 Å². The van der Waals surface area contributed by atoms with Crippen LogP contribution in [0.15, 0.2) is 59.0 Å². The molecular formula is C27H25F2NO5. The van der Waals surface area contributed by atoms with E-state index in [2.05, 4.69) is 0 Å². The zero-order valence-electron chi connectivity index (χ0n) is 19.3. The number of carbonyl (C=O) groups excluding carboxylic acids is 1. The van der Waals surface area contributed by atoms with Gasteiger partial charge in [-0.15, -0.1) is 0 Å². The lowest BCUT2D eigenvalue weighted by Crippen LogP contribution is -2.02. The molecule has 0 radical (unpaired) electrons. The quantitative estimate of drug-likeness (QED) is 0.252. The van der Waals surface area contributed by atoms with Gasteiger partial charge in [0.25, 0.3) is 12.5 Å². The summed E-state index contributed by atoms with van der Waals surface area (Å²) in [7, 11) is 0. The Balaban J connectivity index is 0.00000108. The van der Waals surface area contributed by atoms with Gasteiger partial charge in [0.1, 0.15) is 23.8 Å². The second kappa shape index (κ2) is 11.4. The van der Waals surface area contributed by atoms with Gasteiger partial charge in [-0.3, -0.25) is 9.59 Å². The predicted molar refractivity (Wildman–Crippen MR) is 128 cm³/mol. The van der Waals surface area contributed by atoms with Gasteiger partial charge in [0, 0.05) is 40.3 Å². The maximum Gasteiger partial charge on any atom is 0.290 e. The molecule has 3 N–H and O–H groups in total. The van der Waals surface area contributed by atoms with Gasteiger partial charge in [-0.25, -0.2) is 4.39 Å². The first-order valence-electron chi connectivity index (χ1n) is 10.9. The molecule has 182 valence electrons. The summed E-state index contributed by atoms with van der Waals surface area (Å²) in [4.78, 5) is 20.1. The fraction of sp³-hybridized carbons (Fsp3) is 0.185. The highest BCUT2D eigenvalue weighted by molar-refractivity contribution is 5.95. The van der Waals surface area contributed by atoms with Gasteiger partial charge < -0.3 is 20.0 Å². The largest absolute Gasteiger partial charge is 0.489 e. The number of ketones is 1. The van der Waals surface area contributed by atoms with Crippen LogP contribution in [-0.4, -0.2) is 17.4 Å². The monoisotopic (exact) mass is 481 g/mol. The average Bonchev–Trinajstić information content (AvgIpc) is 3.22. The van der Waals surface area contributed by atoms with Crippen LogP contribution in [0, 0.1) is 11.8 Å². The SMILES string of the molecule is CCc1ccc(C(C)=O)cc1OCc1cc(-c2cccc(CN)c2F)c2oc(F)cc2c1.O=CO. The number of nitrogens with two attached hydrogens (primary N) is 1. The molecule has 8 heteroatoms. The lowest BCUT2D eigenvalue weighted by Gasteiger charge is -2.13. The molecule has 0 spiro atoms. The van der Waals surface area contributed by atoms with Crippen molar-refractivity contribution in [1.82, 2.24) is 0 Å². The Morgan fingerprint density at radius 1 is 1.09 bits per heavy atom. The molecule has 0 aliphatic carbocycles. The minimum Gasteiger partial charge on any atom is -0.489 e. The van der Waals surface area contributed by atoms with Gasteiger partial charge >= 0.3 is 0 Å². The summed E-state index contributed by atoms with van der Waals surface area (Å²) >= 11 is 0. The highest BCUT2D eigenvalue weighted by Crippen LogP contribution is 2.35. The third-order valence-electron chi connectivity index (χ3n) is 5.48. The highest BCUT2D eigenvalue weighted by atomic mass is 19.1. The highest BCUT2D eigenvalue weighted by Gasteiger charge is 2.17. The molecule has 1 aromatic heterocycles. The number of carbonyl (C=O) groups is 2. The van der Waals surface area contributed by atoms with Gasteiger partial charge in [-0.05, 0) is 42.7 Å². The predicted octanol–water partition coefficient (Wildman–Crippen LogP) is 5.88. The minimum absolute atomic E-state index is 0.0460. The van der Waals surface area contributed by atoms with Gasteiger partial charge in [0.05, 0.1) is 0 Å². The number of Topliss-reactive ketones (excluding diaryl/α,β-unsaturated/α-hetero) is 1. The molecule has 0 aliphatic rings. The van der Waals surface area contributed by atoms with E-state index in [0.717, 1.165) is 12.0 Å². The number of hydrogen-bond acceptors (Lipinski definition) is 5. The number of fused-ring (bicyclic) bond motifs is 1. The maximum atomic E-state index is 15.0. The van der Waals surface area contributed by atoms with Crippen LogP contribution in [0.3, 0.4) is 0 Å². The van der Waals surface area contributed by atoms with Crippen molar-refractivity contribution in [3.63, 3.8) is 0 Å². The van der Waals surface area contributed by atoms with E-state index in [9.17, 15) is 9.18 Å². The molecule has 0 unspecified atom stereocenters. The zero-order chi connectivity index (χ0) is 25.5. The van der Waals surface area contributed by atoms with Crippen molar-refractivity contribution in [3.05, 3.63) is 88.7 Å². The molecule has 4 rings (SSSR count). The molecule has 0 atom stereocenters. The van der Waals surface area contributed by atoms with Gasteiger partial charge in [-0.1, -0.05) is 37.3 Å².